The number of rotatable bonds is 3. The highest BCUT2D eigenvalue weighted by Crippen LogP contribution is 2.59. The van der Waals surface area contributed by atoms with Crippen LogP contribution in [0.5, 0.6) is 0 Å². The van der Waals surface area contributed by atoms with Gasteiger partial charge in [0.05, 0.1) is 23.3 Å². The van der Waals surface area contributed by atoms with Gasteiger partial charge in [0, 0.05) is 10.6 Å². The summed E-state index contributed by atoms with van der Waals surface area (Å²) >= 11 is 7.56. The predicted octanol–water partition coefficient (Wildman–Crippen LogP) is 14.5. The van der Waals surface area contributed by atoms with Gasteiger partial charge in [-0.25, -0.2) is 0 Å². The Kier molecular flexibility index (Phi) is 6.77. The molecule has 0 saturated carbocycles. The highest BCUT2D eigenvalue weighted by Gasteiger charge is 2.32. The molecule has 0 saturated heterocycles. The number of fused-ring (bicyclic) bond motifs is 9. The highest BCUT2D eigenvalue weighted by molar-refractivity contribution is 6.37. The largest absolute Gasteiger partial charge is 0.192 e. The maximum atomic E-state index is 10.2. The topological polar surface area (TPSA) is 47.6 Å². The minimum atomic E-state index is 0.592. The number of hydrogen-bond donors (Lipinski definition) is 0. The van der Waals surface area contributed by atoms with Gasteiger partial charge in [-0.3, -0.25) is 0 Å². The summed E-state index contributed by atoms with van der Waals surface area (Å²) in [5.41, 5.74) is 11.7. The Morgan fingerprint density at radius 1 is 0.345 bits per heavy atom. The summed E-state index contributed by atoms with van der Waals surface area (Å²) in [6.07, 6.45) is 0. The number of nitriles is 2. The molecule has 11 rings (SSSR count). The lowest BCUT2D eigenvalue weighted by Gasteiger charge is -2.22. The quantitative estimate of drug-likeness (QED) is 0.171. The summed E-state index contributed by atoms with van der Waals surface area (Å²) in [6, 6.07) is 61.9. The van der Waals surface area contributed by atoms with Crippen LogP contribution in [0.15, 0.2) is 164 Å². The molecule has 0 heterocycles. The van der Waals surface area contributed by atoms with E-state index in [4.69, 9.17) is 11.6 Å². The van der Waals surface area contributed by atoms with Crippen molar-refractivity contribution in [2.45, 2.75) is 0 Å². The van der Waals surface area contributed by atoms with Crippen LogP contribution >= 0.6 is 11.6 Å². The van der Waals surface area contributed by atoms with Crippen molar-refractivity contribution in [2.24, 2.45) is 0 Å². The average Bonchev–Trinajstić information content (AvgIpc) is 3.56. The van der Waals surface area contributed by atoms with Crippen LogP contribution in [0, 0.1) is 22.7 Å². The first-order chi connectivity index (χ1) is 27.1. The molecule has 3 heteroatoms. The first kappa shape index (κ1) is 31.3. The lowest BCUT2D eigenvalue weighted by atomic mass is 9.81. The Labute approximate surface area is 322 Å². The van der Waals surface area contributed by atoms with E-state index in [0.29, 0.717) is 16.1 Å². The summed E-state index contributed by atoms with van der Waals surface area (Å²) in [5, 5.41) is 32.3. The van der Waals surface area contributed by atoms with Gasteiger partial charge >= 0.3 is 0 Å². The van der Waals surface area contributed by atoms with E-state index in [9.17, 15) is 10.5 Å². The van der Waals surface area contributed by atoms with Crippen LogP contribution in [0.4, 0.5) is 0 Å². The fourth-order valence-corrected chi connectivity index (χ4v) is 9.45. The fourth-order valence-electron chi connectivity index (χ4n) is 9.18. The first-order valence-electron chi connectivity index (χ1n) is 18.3. The van der Waals surface area contributed by atoms with E-state index >= 15 is 0 Å². The van der Waals surface area contributed by atoms with Crippen LogP contribution in [0.1, 0.15) is 11.1 Å². The number of hydrogen-bond acceptors (Lipinski definition) is 2. The lowest BCUT2D eigenvalue weighted by Crippen LogP contribution is -1.96. The minimum absolute atomic E-state index is 0.592. The van der Waals surface area contributed by atoms with Crippen LogP contribution in [0.25, 0.3) is 109 Å². The molecule has 0 atom stereocenters. The molecular formula is C52H27ClN2. The summed E-state index contributed by atoms with van der Waals surface area (Å²) in [4.78, 5) is 0. The summed E-state index contributed by atoms with van der Waals surface area (Å²) in [6.45, 7) is 0. The van der Waals surface area contributed by atoms with Gasteiger partial charge in [-0.1, -0.05) is 127 Å². The van der Waals surface area contributed by atoms with Crippen molar-refractivity contribution in [3.63, 3.8) is 0 Å². The maximum Gasteiger partial charge on any atom is 0.0991 e. The smallest absolute Gasteiger partial charge is 0.0991 e. The number of benzene rings is 10. The predicted molar refractivity (Wildman–Crippen MR) is 229 cm³/mol. The molecule has 10 aromatic carbocycles. The van der Waals surface area contributed by atoms with Crippen molar-refractivity contribution in [1.29, 1.82) is 10.5 Å². The molecule has 0 radical (unpaired) electrons. The summed E-state index contributed by atoms with van der Waals surface area (Å²) < 4.78 is 0. The molecule has 0 bridgehead atoms. The van der Waals surface area contributed by atoms with Crippen LogP contribution in [0.2, 0.25) is 5.02 Å². The van der Waals surface area contributed by atoms with Crippen molar-refractivity contribution in [2.75, 3.05) is 0 Å². The van der Waals surface area contributed by atoms with Crippen LogP contribution in [0.3, 0.4) is 0 Å². The zero-order valence-corrected chi connectivity index (χ0v) is 30.1. The third kappa shape index (κ3) is 4.54. The van der Waals surface area contributed by atoms with E-state index < -0.39 is 0 Å². The number of halogens is 1. The fraction of sp³-hybridized carbons (Fsp3) is 0. The summed E-state index contributed by atoms with van der Waals surface area (Å²) in [5.74, 6) is 0. The SMILES string of the molecule is N#Cc1cccc(-c2c3c(c(-c4cccc(C#N)c4)c4cc(-c5cc6ccccc6c6ccccc56)c(Cl)cc24)-c2cccc4c2c-3cc2ccccc24)c1. The van der Waals surface area contributed by atoms with Gasteiger partial charge in [-0.2, -0.15) is 10.5 Å². The van der Waals surface area contributed by atoms with Gasteiger partial charge in [-0.15, -0.1) is 0 Å². The van der Waals surface area contributed by atoms with E-state index in [1.807, 2.05) is 36.4 Å². The van der Waals surface area contributed by atoms with Gasteiger partial charge in [0.15, 0.2) is 0 Å². The second-order valence-electron chi connectivity index (χ2n) is 14.3. The molecule has 0 aliphatic heterocycles. The summed E-state index contributed by atoms with van der Waals surface area (Å²) in [7, 11) is 0. The van der Waals surface area contributed by atoms with Gasteiger partial charge in [0.1, 0.15) is 0 Å². The Morgan fingerprint density at radius 2 is 0.855 bits per heavy atom. The molecule has 10 aromatic rings. The van der Waals surface area contributed by atoms with E-state index in [1.54, 1.807) is 0 Å². The van der Waals surface area contributed by atoms with Crippen LogP contribution in [-0.2, 0) is 0 Å². The molecular weight excluding hydrogens is 688 g/mol. The number of nitrogens with zero attached hydrogens (tertiary/aromatic N) is 2. The second-order valence-corrected chi connectivity index (χ2v) is 14.7. The van der Waals surface area contributed by atoms with E-state index in [0.717, 1.165) is 82.6 Å². The molecule has 252 valence electrons. The zero-order chi connectivity index (χ0) is 36.8. The van der Waals surface area contributed by atoms with Gasteiger partial charge in [0.2, 0.25) is 0 Å². The van der Waals surface area contributed by atoms with E-state index in [-0.39, 0.29) is 0 Å². The molecule has 0 aromatic heterocycles. The Balaban J connectivity index is 1.37. The van der Waals surface area contributed by atoms with Crippen molar-refractivity contribution in [1.82, 2.24) is 0 Å². The molecule has 2 nitrogen and oxygen atoms in total. The van der Waals surface area contributed by atoms with E-state index in [2.05, 4.69) is 140 Å². The minimum Gasteiger partial charge on any atom is -0.192 e. The Hall–Kier alpha value is -7.23. The monoisotopic (exact) mass is 714 g/mol. The van der Waals surface area contributed by atoms with E-state index in [1.165, 1.54) is 26.9 Å². The van der Waals surface area contributed by atoms with Crippen molar-refractivity contribution in [3.05, 3.63) is 180 Å². The van der Waals surface area contributed by atoms with Crippen molar-refractivity contribution in [3.8, 4) is 67.8 Å². The molecule has 55 heavy (non-hydrogen) atoms. The molecule has 0 spiro atoms. The average molecular weight is 715 g/mol. The molecule has 1 aliphatic carbocycles. The van der Waals surface area contributed by atoms with Crippen LogP contribution in [-0.4, -0.2) is 0 Å². The van der Waals surface area contributed by atoms with Crippen LogP contribution < -0.4 is 0 Å². The molecule has 1 aliphatic rings. The third-order valence-corrected chi connectivity index (χ3v) is 11.8. The molecule has 0 fully saturated rings. The van der Waals surface area contributed by atoms with Gasteiger partial charge < -0.3 is 0 Å². The highest BCUT2D eigenvalue weighted by atomic mass is 35.5. The standard InChI is InChI=1S/C52H27ClN2/c53-47-27-45-44(26-43(47)42-24-32-12-1-3-16-36(32)38-18-5-6-19-39(38)42)48(34-14-7-10-30(22-34)28-54)51-41-21-9-20-40-37-17-4-2-13-33(37)25-46(50(40)41)52(51)49(45)35-15-8-11-31(23-35)29-55/h1-27H. The normalized spacial score (nSPS) is 11.7. The zero-order valence-electron chi connectivity index (χ0n) is 29.4. The Bertz CT molecular complexity index is 3420. The van der Waals surface area contributed by atoms with Gasteiger partial charge in [0.25, 0.3) is 0 Å². The van der Waals surface area contributed by atoms with Crippen molar-refractivity contribution >= 4 is 65.5 Å². The lowest BCUT2D eigenvalue weighted by molar-refractivity contribution is 1.48. The molecule has 0 amide bonds. The third-order valence-electron chi connectivity index (χ3n) is 11.4. The van der Waals surface area contributed by atoms with Crippen molar-refractivity contribution < 1.29 is 0 Å². The first-order valence-corrected chi connectivity index (χ1v) is 18.7. The molecule has 0 unspecified atom stereocenters. The second kappa shape index (κ2) is 11.9. The van der Waals surface area contributed by atoms with Gasteiger partial charge in [-0.05, 0) is 152 Å². The Morgan fingerprint density at radius 3 is 1.51 bits per heavy atom. The molecule has 0 N–H and O–H groups in total. The maximum absolute atomic E-state index is 10.2.